The number of carbonyl (C=O) groups excluding carboxylic acids is 2. The van der Waals surface area contributed by atoms with Crippen molar-refractivity contribution >= 4 is 11.7 Å². The Morgan fingerprint density at radius 2 is 1.88 bits per heavy atom. The SMILES string of the molecule is CCOCCNC(=O)COCC(=O)C(C)C. The van der Waals surface area contributed by atoms with Crippen molar-refractivity contribution in [2.75, 3.05) is 33.0 Å². The lowest BCUT2D eigenvalue weighted by atomic mass is 10.1. The van der Waals surface area contributed by atoms with E-state index >= 15 is 0 Å². The molecule has 0 atom stereocenters. The first-order chi connectivity index (χ1) is 7.57. The van der Waals surface area contributed by atoms with Gasteiger partial charge in [0.2, 0.25) is 5.91 Å². The van der Waals surface area contributed by atoms with Crippen LogP contribution in [0, 0.1) is 5.92 Å². The second-order valence-corrected chi connectivity index (χ2v) is 3.66. The Kier molecular flexibility index (Phi) is 8.75. The average molecular weight is 231 g/mol. The van der Waals surface area contributed by atoms with Gasteiger partial charge in [0.15, 0.2) is 5.78 Å². The van der Waals surface area contributed by atoms with E-state index in [0.717, 1.165) is 0 Å². The van der Waals surface area contributed by atoms with Gasteiger partial charge in [0.05, 0.1) is 6.61 Å². The third-order valence-corrected chi connectivity index (χ3v) is 1.89. The van der Waals surface area contributed by atoms with Crippen molar-refractivity contribution in [3.63, 3.8) is 0 Å². The zero-order valence-electron chi connectivity index (χ0n) is 10.2. The number of Topliss-reactive ketones (excluding diaryl/α,β-unsaturated/α-hetero) is 1. The van der Waals surface area contributed by atoms with Gasteiger partial charge in [-0.2, -0.15) is 0 Å². The van der Waals surface area contributed by atoms with Crippen LogP contribution in [-0.4, -0.2) is 44.7 Å². The van der Waals surface area contributed by atoms with Crippen LogP contribution in [0.4, 0.5) is 0 Å². The van der Waals surface area contributed by atoms with Crippen molar-refractivity contribution in [3.8, 4) is 0 Å². The van der Waals surface area contributed by atoms with Gasteiger partial charge in [0.1, 0.15) is 13.2 Å². The fourth-order valence-electron chi connectivity index (χ4n) is 0.869. The maximum absolute atomic E-state index is 11.2. The predicted octanol–water partition coefficient (Wildman–Crippen LogP) is 0.381. The van der Waals surface area contributed by atoms with E-state index in [9.17, 15) is 9.59 Å². The fraction of sp³-hybridized carbons (Fsp3) is 0.818. The topological polar surface area (TPSA) is 64.6 Å². The van der Waals surface area contributed by atoms with Crippen molar-refractivity contribution < 1.29 is 19.1 Å². The number of carbonyl (C=O) groups is 2. The van der Waals surface area contributed by atoms with Gasteiger partial charge < -0.3 is 14.8 Å². The van der Waals surface area contributed by atoms with Crippen molar-refractivity contribution in [2.24, 2.45) is 5.92 Å². The van der Waals surface area contributed by atoms with Crippen LogP contribution in [0.25, 0.3) is 0 Å². The quantitative estimate of drug-likeness (QED) is 0.583. The maximum atomic E-state index is 11.2. The number of rotatable bonds is 9. The van der Waals surface area contributed by atoms with Gasteiger partial charge >= 0.3 is 0 Å². The van der Waals surface area contributed by atoms with Gasteiger partial charge in [0.25, 0.3) is 0 Å². The molecule has 0 rings (SSSR count). The lowest BCUT2D eigenvalue weighted by molar-refractivity contribution is -0.131. The highest BCUT2D eigenvalue weighted by Gasteiger charge is 2.08. The first kappa shape index (κ1) is 15.1. The van der Waals surface area contributed by atoms with E-state index in [4.69, 9.17) is 9.47 Å². The Morgan fingerprint density at radius 1 is 1.19 bits per heavy atom. The zero-order chi connectivity index (χ0) is 12.4. The summed E-state index contributed by atoms with van der Waals surface area (Å²) < 4.78 is 10.0. The van der Waals surface area contributed by atoms with E-state index < -0.39 is 0 Å². The van der Waals surface area contributed by atoms with Crippen LogP contribution in [0.2, 0.25) is 0 Å². The summed E-state index contributed by atoms with van der Waals surface area (Å²) in [6, 6.07) is 0. The van der Waals surface area contributed by atoms with E-state index in [-0.39, 0.29) is 30.8 Å². The summed E-state index contributed by atoms with van der Waals surface area (Å²) in [6.45, 7) is 7.00. The molecule has 0 aromatic carbocycles. The third-order valence-electron chi connectivity index (χ3n) is 1.89. The molecular formula is C11H21NO4. The van der Waals surface area contributed by atoms with Crippen molar-refractivity contribution in [3.05, 3.63) is 0 Å². The molecule has 0 radical (unpaired) electrons. The van der Waals surface area contributed by atoms with E-state index in [2.05, 4.69) is 5.32 Å². The van der Waals surface area contributed by atoms with Crippen LogP contribution < -0.4 is 5.32 Å². The molecule has 0 bridgehead atoms. The first-order valence-electron chi connectivity index (χ1n) is 5.52. The van der Waals surface area contributed by atoms with Crippen LogP contribution >= 0.6 is 0 Å². The third kappa shape index (κ3) is 8.38. The number of amides is 1. The molecular weight excluding hydrogens is 210 g/mol. The van der Waals surface area contributed by atoms with E-state index in [1.165, 1.54) is 0 Å². The van der Waals surface area contributed by atoms with Crippen LogP contribution in [0.5, 0.6) is 0 Å². The van der Waals surface area contributed by atoms with Gasteiger partial charge in [-0.1, -0.05) is 13.8 Å². The van der Waals surface area contributed by atoms with Gasteiger partial charge in [-0.3, -0.25) is 9.59 Å². The molecule has 0 aliphatic carbocycles. The van der Waals surface area contributed by atoms with E-state index in [1.807, 2.05) is 6.92 Å². The molecule has 0 saturated carbocycles. The molecule has 16 heavy (non-hydrogen) atoms. The van der Waals surface area contributed by atoms with Gasteiger partial charge in [0, 0.05) is 19.1 Å². The van der Waals surface area contributed by atoms with Gasteiger partial charge in [-0.25, -0.2) is 0 Å². The smallest absolute Gasteiger partial charge is 0.246 e. The molecule has 1 amide bonds. The van der Waals surface area contributed by atoms with Crippen molar-refractivity contribution in [1.29, 1.82) is 0 Å². The maximum Gasteiger partial charge on any atom is 0.246 e. The molecule has 1 N–H and O–H groups in total. The minimum atomic E-state index is -0.226. The molecule has 94 valence electrons. The highest BCUT2D eigenvalue weighted by Crippen LogP contribution is 1.94. The number of ether oxygens (including phenoxy) is 2. The summed E-state index contributed by atoms with van der Waals surface area (Å²) in [6.07, 6.45) is 0. The van der Waals surface area contributed by atoms with E-state index in [0.29, 0.717) is 19.8 Å². The molecule has 0 heterocycles. The first-order valence-corrected chi connectivity index (χ1v) is 5.52. The van der Waals surface area contributed by atoms with Gasteiger partial charge in [-0.05, 0) is 6.92 Å². The molecule has 0 aromatic rings. The summed E-state index contributed by atoms with van der Waals surface area (Å²) in [4.78, 5) is 22.3. The summed E-state index contributed by atoms with van der Waals surface area (Å²) in [5.41, 5.74) is 0. The normalized spacial score (nSPS) is 10.5. The number of hydrogen-bond acceptors (Lipinski definition) is 4. The van der Waals surface area contributed by atoms with Crippen LogP contribution in [-0.2, 0) is 19.1 Å². The predicted molar refractivity (Wildman–Crippen MR) is 60.2 cm³/mol. The fourth-order valence-corrected chi connectivity index (χ4v) is 0.869. The molecule has 0 spiro atoms. The Labute approximate surface area is 96.5 Å². The molecule has 5 nitrogen and oxygen atoms in total. The Hall–Kier alpha value is -0.940. The lowest BCUT2D eigenvalue weighted by Crippen LogP contribution is -2.31. The summed E-state index contributed by atoms with van der Waals surface area (Å²) in [5.74, 6) is -0.278. The molecule has 0 aliphatic rings. The van der Waals surface area contributed by atoms with Crippen LogP contribution in [0.1, 0.15) is 20.8 Å². The van der Waals surface area contributed by atoms with Gasteiger partial charge in [-0.15, -0.1) is 0 Å². The molecule has 0 fully saturated rings. The molecule has 5 heteroatoms. The number of hydrogen-bond donors (Lipinski definition) is 1. The zero-order valence-corrected chi connectivity index (χ0v) is 10.2. The van der Waals surface area contributed by atoms with Crippen LogP contribution in [0.15, 0.2) is 0 Å². The summed E-state index contributed by atoms with van der Waals surface area (Å²) in [7, 11) is 0. The number of nitrogens with one attached hydrogen (secondary N) is 1. The standard InChI is InChI=1S/C11H21NO4/c1-4-15-6-5-12-11(14)8-16-7-10(13)9(2)3/h9H,4-8H2,1-3H3,(H,12,14). The highest BCUT2D eigenvalue weighted by molar-refractivity contribution is 5.82. The molecule has 0 aliphatic heterocycles. The second kappa shape index (κ2) is 9.30. The number of ketones is 1. The van der Waals surface area contributed by atoms with Crippen LogP contribution in [0.3, 0.4) is 0 Å². The minimum absolute atomic E-state index is 0.00196. The monoisotopic (exact) mass is 231 g/mol. The highest BCUT2D eigenvalue weighted by atomic mass is 16.5. The molecule has 0 aromatic heterocycles. The summed E-state index contributed by atoms with van der Waals surface area (Å²) in [5, 5.41) is 2.62. The largest absolute Gasteiger partial charge is 0.380 e. The van der Waals surface area contributed by atoms with Crippen molar-refractivity contribution in [2.45, 2.75) is 20.8 Å². The second-order valence-electron chi connectivity index (χ2n) is 3.66. The Bertz CT molecular complexity index is 216. The molecule has 0 saturated heterocycles. The van der Waals surface area contributed by atoms with Crippen molar-refractivity contribution in [1.82, 2.24) is 5.32 Å². The van der Waals surface area contributed by atoms with E-state index in [1.54, 1.807) is 13.8 Å². The minimum Gasteiger partial charge on any atom is -0.380 e. The summed E-state index contributed by atoms with van der Waals surface area (Å²) >= 11 is 0. The Morgan fingerprint density at radius 3 is 2.44 bits per heavy atom. The average Bonchev–Trinajstić information content (AvgIpc) is 2.24. The molecule has 0 unspecified atom stereocenters. The Balaban J connectivity index is 3.40. The lowest BCUT2D eigenvalue weighted by Gasteiger charge is -2.07.